The first kappa shape index (κ1) is 33.5. The summed E-state index contributed by atoms with van der Waals surface area (Å²) >= 11 is 0. The zero-order valence-corrected chi connectivity index (χ0v) is 29.9. The minimum absolute atomic E-state index is 0.504. The number of hydrogen-bond donors (Lipinski definition) is 0. The predicted molar refractivity (Wildman–Crippen MR) is 205 cm³/mol. The Morgan fingerprint density at radius 2 is 1.37 bits per heavy atom. The summed E-state index contributed by atoms with van der Waals surface area (Å²) in [5.74, 6) is 1.99. The third kappa shape index (κ3) is 7.82. The molecule has 0 radical (unpaired) electrons. The summed E-state index contributed by atoms with van der Waals surface area (Å²) in [6.45, 7) is 11.4. The molecule has 0 saturated carbocycles. The molecule has 6 aromatic rings. The molecule has 2 aromatic heterocycles. The molecule has 4 aromatic carbocycles. The molecular formula is C43H50N6O2. The topological polar surface area (TPSA) is 60.6 Å². The van der Waals surface area contributed by atoms with Crippen molar-refractivity contribution < 1.29 is 9.47 Å². The van der Waals surface area contributed by atoms with E-state index in [4.69, 9.17) is 19.7 Å². The number of hydrogen-bond acceptors (Lipinski definition) is 6. The maximum atomic E-state index is 6.36. The number of likely N-dealkylation sites (tertiary alicyclic amines) is 2. The zero-order valence-electron chi connectivity index (χ0n) is 29.9. The zero-order chi connectivity index (χ0) is 34.4. The monoisotopic (exact) mass is 682 g/mol. The van der Waals surface area contributed by atoms with Gasteiger partial charge in [-0.3, -0.25) is 14.3 Å². The van der Waals surface area contributed by atoms with E-state index in [2.05, 4.69) is 123 Å². The summed E-state index contributed by atoms with van der Waals surface area (Å²) in [4.78, 5) is 5.11. The Morgan fingerprint density at radius 3 is 2.25 bits per heavy atom. The van der Waals surface area contributed by atoms with Crippen LogP contribution in [0.25, 0.3) is 21.8 Å². The van der Waals surface area contributed by atoms with E-state index < -0.39 is 0 Å². The Hall–Kier alpha value is -4.66. The number of piperidine rings is 1. The summed E-state index contributed by atoms with van der Waals surface area (Å²) in [7, 11) is 0. The van der Waals surface area contributed by atoms with Crippen LogP contribution in [0.1, 0.15) is 60.3 Å². The quantitative estimate of drug-likeness (QED) is 0.109. The van der Waals surface area contributed by atoms with Crippen molar-refractivity contribution in [2.24, 2.45) is 0 Å². The second-order valence-corrected chi connectivity index (χ2v) is 14.4. The highest BCUT2D eigenvalue weighted by atomic mass is 16.5. The van der Waals surface area contributed by atoms with Gasteiger partial charge in [0, 0.05) is 19.6 Å². The fourth-order valence-electron chi connectivity index (χ4n) is 8.01. The summed E-state index contributed by atoms with van der Waals surface area (Å²) in [5, 5.41) is 12.1. The first-order valence-electron chi connectivity index (χ1n) is 18.9. The highest BCUT2D eigenvalue weighted by molar-refractivity contribution is 5.85. The van der Waals surface area contributed by atoms with Crippen molar-refractivity contribution >= 4 is 21.8 Å². The van der Waals surface area contributed by atoms with E-state index >= 15 is 0 Å². The average molecular weight is 683 g/mol. The minimum Gasteiger partial charge on any atom is -0.476 e. The van der Waals surface area contributed by atoms with Crippen LogP contribution in [0.4, 0.5) is 0 Å². The molecule has 0 N–H and O–H groups in total. The van der Waals surface area contributed by atoms with Crippen molar-refractivity contribution in [1.82, 2.24) is 29.4 Å². The lowest BCUT2D eigenvalue weighted by atomic mass is 9.93. The van der Waals surface area contributed by atoms with Crippen molar-refractivity contribution in [3.63, 3.8) is 0 Å². The smallest absolute Gasteiger partial charge is 0.240 e. The average Bonchev–Trinajstić information content (AvgIpc) is 3.87. The molecule has 2 fully saturated rings. The molecule has 8 heteroatoms. The second-order valence-electron chi connectivity index (χ2n) is 14.4. The van der Waals surface area contributed by atoms with Crippen LogP contribution in [0.2, 0.25) is 0 Å². The van der Waals surface area contributed by atoms with Gasteiger partial charge in [0.05, 0.1) is 41.5 Å². The van der Waals surface area contributed by atoms with Crippen LogP contribution < -0.4 is 9.47 Å². The predicted octanol–water partition coefficient (Wildman–Crippen LogP) is 7.91. The van der Waals surface area contributed by atoms with Crippen molar-refractivity contribution in [2.45, 2.75) is 58.0 Å². The highest BCUT2D eigenvalue weighted by Crippen LogP contribution is 2.32. The fourth-order valence-corrected chi connectivity index (χ4v) is 8.01. The molecule has 0 spiro atoms. The Labute approximate surface area is 301 Å². The van der Waals surface area contributed by atoms with Gasteiger partial charge in [-0.05, 0) is 99.1 Å². The number of benzene rings is 4. The standard InChI is InChI=1S/C43H50N6O2/c1-33-19-20-41-39(29-33)43(45-48(41)30-34-13-4-2-5-14-34)50-27-12-24-47-25-21-36(31-47)37-16-7-6-15-35(37)32-49-40-18-9-8-17-38(40)42(44-49)51-28-26-46-22-10-3-11-23-46/h2,4-9,13-20,29,36H,3,10-12,21-28,30-32H2,1H3. The number of aryl methyl sites for hydroxylation is 1. The summed E-state index contributed by atoms with van der Waals surface area (Å²) in [6, 6.07) is 34.4. The van der Waals surface area contributed by atoms with Gasteiger partial charge in [-0.1, -0.05) is 84.8 Å². The highest BCUT2D eigenvalue weighted by Gasteiger charge is 2.26. The van der Waals surface area contributed by atoms with Gasteiger partial charge in [0.2, 0.25) is 11.8 Å². The van der Waals surface area contributed by atoms with Gasteiger partial charge in [-0.2, -0.15) is 0 Å². The Balaban J connectivity index is 0.879. The first-order chi connectivity index (χ1) is 25.2. The molecule has 0 aliphatic carbocycles. The maximum Gasteiger partial charge on any atom is 0.240 e. The van der Waals surface area contributed by atoms with Gasteiger partial charge in [0.1, 0.15) is 6.61 Å². The number of ether oxygens (including phenoxy) is 2. The third-order valence-electron chi connectivity index (χ3n) is 10.7. The fraction of sp³-hybridized carbons (Fsp3) is 0.395. The van der Waals surface area contributed by atoms with E-state index in [1.54, 1.807) is 0 Å². The first-order valence-corrected chi connectivity index (χ1v) is 18.9. The molecule has 264 valence electrons. The van der Waals surface area contributed by atoms with Crippen LogP contribution in [-0.4, -0.2) is 81.8 Å². The Bertz CT molecular complexity index is 2050. The molecule has 2 aliphatic heterocycles. The van der Waals surface area contributed by atoms with Gasteiger partial charge < -0.3 is 14.4 Å². The lowest BCUT2D eigenvalue weighted by Crippen LogP contribution is -2.33. The van der Waals surface area contributed by atoms with Crippen LogP contribution in [0.5, 0.6) is 11.8 Å². The Morgan fingerprint density at radius 1 is 0.647 bits per heavy atom. The number of rotatable bonds is 14. The van der Waals surface area contributed by atoms with Gasteiger partial charge in [-0.15, -0.1) is 10.2 Å². The number of nitrogens with zero attached hydrogens (tertiary/aromatic N) is 6. The van der Waals surface area contributed by atoms with Crippen LogP contribution >= 0.6 is 0 Å². The minimum atomic E-state index is 0.504. The van der Waals surface area contributed by atoms with E-state index in [0.29, 0.717) is 19.1 Å². The van der Waals surface area contributed by atoms with Crippen molar-refractivity contribution in [1.29, 1.82) is 0 Å². The summed E-state index contributed by atoms with van der Waals surface area (Å²) in [5.41, 5.74) is 7.46. The van der Waals surface area contributed by atoms with E-state index in [0.717, 1.165) is 85.7 Å². The summed E-state index contributed by atoms with van der Waals surface area (Å²) in [6.07, 6.45) is 6.07. The molecule has 0 amide bonds. The largest absolute Gasteiger partial charge is 0.476 e. The molecular weight excluding hydrogens is 633 g/mol. The third-order valence-corrected chi connectivity index (χ3v) is 10.7. The maximum absolute atomic E-state index is 6.36. The summed E-state index contributed by atoms with van der Waals surface area (Å²) < 4.78 is 16.9. The van der Waals surface area contributed by atoms with Gasteiger partial charge in [0.25, 0.3) is 0 Å². The van der Waals surface area contributed by atoms with Gasteiger partial charge >= 0.3 is 0 Å². The van der Waals surface area contributed by atoms with E-state index in [1.807, 2.05) is 0 Å². The lowest BCUT2D eigenvalue weighted by molar-refractivity contribution is 0.181. The molecule has 8 rings (SSSR count). The molecule has 2 saturated heterocycles. The molecule has 0 bridgehead atoms. The van der Waals surface area contributed by atoms with Crippen molar-refractivity contribution in [3.8, 4) is 11.8 Å². The molecule has 51 heavy (non-hydrogen) atoms. The van der Waals surface area contributed by atoms with Crippen molar-refractivity contribution in [3.05, 3.63) is 119 Å². The number of fused-ring (bicyclic) bond motifs is 2. The van der Waals surface area contributed by atoms with Crippen LogP contribution in [0.15, 0.2) is 97.1 Å². The number of aromatic nitrogens is 4. The van der Waals surface area contributed by atoms with Gasteiger partial charge in [-0.25, -0.2) is 0 Å². The molecule has 2 aliphatic rings. The SMILES string of the molecule is Cc1ccc2c(c1)c(OCCCN1CCC(c3ccccc3Cn3nc(OCCN4CCCCC4)c4ccccc43)C1)nn2Cc1ccccc1. The molecule has 1 unspecified atom stereocenters. The molecule has 8 nitrogen and oxygen atoms in total. The van der Waals surface area contributed by atoms with Gasteiger partial charge in [0.15, 0.2) is 0 Å². The molecule has 1 atom stereocenters. The lowest BCUT2D eigenvalue weighted by Gasteiger charge is -2.25. The normalized spacial score (nSPS) is 17.1. The van der Waals surface area contributed by atoms with E-state index in [9.17, 15) is 0 Å². The van der Waals surface area contributed by atoms with E-state index in [1.165, 1.54) is 54.6 Å². The van der Waals surface area contributed by atoms with E-state index in [-0.39, 0.29) is 0 Å². The van der Waals surface area contributed by atoms with Crippen LogP contribution in [0, 0.1) is 6.92 Å². The van der Waals surface area contributed by atoms with Crippen LogP contribution in [-0.2, 0) is 13.1 Å². The Kier molecular flexibility index (Phi) is 10.3. The van der Waals surface area contributed by atoms with Crippen molar-refractivity contribution in [2.75, 3.05) is 52.5 Å². The second kappa shape index (κ2) is 15.7. The van der Waals surface area contributed by atoms with Crippen LogP contribution in [0.3, 0.4) is 0 Å². The molecule has 4 heterocycles. The number of para-hydroxylation sites is 1.